The molecule has 0 aromatic rings. The van der Waals surface area contributed by atoms with E-state index in [0.29, 0.717) is 24.4 Å². The van der Waals surface area contributed by atoms with Gasteiger partial charge in [0.15, 0.2) is 0 Å². The first kappa shape index (κ1) is 6.87. The lowest BCUT2D eigenvalue weighted by molar-refractivity contribution is 0.104. The zero-order valence-electron chi connectivity index (χ0n) is 6.53. The Labute approximate surface area is 66.5 Å². The molecule has 1 saturated heterocycles. The lowest BCUT2D eigenvalue weighted by Gasteiger charge is -2.17. The van der Waals surface area contributed by atoms with Crippen molar-refractivity contribution >= 4 is 0 Å². The molecule has 2 heterocycles. The first-order valence-corrected chi connectivity index (χ1v) is 4.03. The molecule has 2 nitrogen and oxygen atoms in total. The Bertz CT molecular complexity index is 228. The lowest BCUT2D eigenvalue weighted by Crippen LogP contribution is -2.20. The predicted octanol–water partition coefficient (Wildman–Crippen LogP) is 1.49. The Morgan fingerprint density at radius 3 is 2.73 bits per heavy atom. The molecule has 2 bridgehead atoms. The molecule has 0 aromatic carbocycles. The monoisotopic (exact) mass is 149 g/mol. The maximum Gasteiger partial charge on any atom is 0.0806 e. The van der Waals surface area contributed by atoms with E-state index in [4.69, 9.17) is 10.00 Å². The smallest absolute Gasteiger partial charge is 0.0806 e. The zero-order valence-corrected chi connectivity index (χ0v) is 6.53. The minimum Gasteiger partial charge on any atom is -0.366 e. The van der Waals surface area contributed by atoms with E-state index in [9.17, 15) is 0 Å². The summed E-state index contributed by atoms with van der Waals surface area (Å²) in [7, 11) is 0. The Morgan fingerprint density at radius 1 is 1.45 bits per heavy atom. The zero-order chi connectivity index (χ0) is 7.84. The van der Waals surface area contributed by atoms with Gasteiger partial charge in [-0.1, -0.05) is 19.1 Å². The van der Waals surface area contributed by atoms with Crippen LogP contribution < -0.4 is 0 Å². The van der Waals surface area contributed by atoms with E-state index in [2.05, 4.69) is 25.1 Å². The second-order valence-electron chi connectivity index (χ2n) is 3.34. The molecule has 4 unspecified atom stereocenters. The predicted molar refractivity (Wildman–Crippen MR) is 40.7 cm³/mol. The number of ether oxygens (including phenoxy) is 1. The van der Waals surface area contributed by atoms with Crippen molar-refractivity contribution in [1.82, 2.24) is 0 Å². The molecule has 2 rings (SSSR count). The highest BCUT2D eigenvalue weighted by Crippen LogP contribution is 2.40. The van der Waals surface area contributed by atoms with Crippen molar-refractivity contribution in [1.29, 1.82) is 5.26 Å². The SMILES string of the molecule is CC1C2C=CC(O2)C1CC#N. The Balaban J connectivity index is 2.13. The van der Waals surface area contributed by atoms with Crippen LogP contribution in [0.25, 0.3) is 0 Å². The second-order valence-corrected chi connectivity index (χ2v) is 3.34. The molecule has 0 N–H and O–H groups in total. The maximum atomic E-state index is 8.54. The average Bonchev–Trinajstić information content (AvgIpc) is 2.54. The average molecular weight is 149 g/mol. The van der Waals surface area contributed by atoms with Crippen molar-refractivity contribution < 1.29 is 4.74 Å². The van der Waals surface area contributed by atoms with Crippen molar-refractivity contribution in [3.63, 3.8) is 0 Å². The first-order chi connectivity index (χ1) is 5.33. The van der Waals surface area contributed by atoms with Gasteiger partial charge in [0.1, 0.15) is 0 Å². The highest BCUT2D eigenvalue weighted by atomic mass is 16.5. The molecule has 0 amide bonds. The van der Waals surface area contributed by atoms with Crippen LogP contribution in [0, 0.1) is 23.2 Å². The fraction of sp³-hybridized carbons (Fsp3) is 0.667. The normalized spacial score (nSPS) is 46.2. The number of hydrogen-bond donors (Lipinski definition) is 0. The molecule has 58 valence electrons. The number of nitriles is 1. The van der Waals surface area contributed by atoms with Crippen molar-refractivity contribution in [2.45, 2.75) is 25.6 Å². The molecule has 0 aromatic heterocycles. The fourth-order valence-electron chi connectivity index (χ4n) is 1.98. The Hall–Kier alpha value is -0.810. The van der Waals surface area contributed by atoms with Crippen molar-refractivity contribution in [3.05, 3.63) is 12.2 Å². The molecule has 1 fully saturated rings. The van der Waals surface area contributed by atoms with Gasteiger partial charge in [-0.3, -0.25) is 0 Å². The molecule has 2 aliphatic rings. The fourth-order valence-corrected chi connectivity index (χ4v) is 1.98. The molecule has 0 aliphatic carbocycles. The van der Waals surface area contributed by atoms with Gasteiger partial charge in [0.25, 0.3) is 0 Å². The molecule has 0 spiro atoms. The van der Waals surface area contributed by atoms with Crippen LogP contribution in [0.5, 0.6) is 0 Å². The molecular formula is C9H11NO. The Kier molecular flexibility index (Phi) is 1.47. The topological polar surface area (TPSA) is 33.0 Å². The molecule has 0 radical (unpaired) electrons. The summed E-state index contributed by atoms with van der Waals surface area (Å²) >= 11 is 0. The second kappa shape index (κ2) is 2.35. The van der Waals surface area contributed by atoms with Gasteiger partial charge in [-0.05, 0) is 5.92 Å². The van der Waals surface area contributed by atoms with Gasteiger partial charge in [0.2, 0.25) is 0 Å². The number of rotatable bonds is 1. The summed E-state index contributed by atoms with van der Waals surface area (Å²) in [5.41, 5.74) is 0. The molecule has 2 heteroatoms. The van der Waals surface area contributed by atoms with Crippen LogP contribution in [0.3, 0.4) is 0 Å². The van der Waals surface area contributed by atoms with Crippen LogP contribution in [0.2, 0.25) is 0 Å². The van der Waals surface area contributed by atoms with Crippen LogP contribution in [0.15, 0.2) is 12.2 Å². The van der Waals surface area contributed by atoms with E-state index in [1.807, 2.05) is 0 Å². The highest BCUT2D eigenvalue weighted by Gasteiger charge is 2.42. The highest BCUT2D eigenvalue weighted by molar-refractivity contribution is 5.14. The summed E-state index contributed by atoms with van der Waals surface area (Å²) in [6.45, 7) is 2.16. The third-order valence-corrected chi connectivity index (χ3v) is 2.75. The molecule has 0 saturated carbocycles. The summed E-state index contributed by atoms with van der Waals surface area (Å²) < 4.78 is 5.59. The minimum atomic E-state index is 0.231. The van der Waals surface area contributed by atoms with Crippen LogP contribution in [-0.2, 0) is 4.74 Å². The van der Waals surface area contributed by atoms with E-state index in [1.165, 1.54) is 0 Å². The molecule has 2 aliphatic heterocycles. The number of hydrogen-bond acceptors (Lipinski definition) is 2. The van der Waals surface area contributed by atoms with Crippen LogP contribution in [-0.4, -0.2) is 12.2 Å². The number of nitrogens with zero attached hydrogens (tertiary/aromatic N) is 1. The van der Waals surface area contributed by atoms with Gasteiger partial charge >= 0.3 is 0 Å². The summed E-state index contributed by atoms with van der Waals surface area (Å²) in [6.07, 6.45) is 5.36. The van der Waals surface area contributed by atoms with E-state index < -0.39 is 0 Å². The summed E-state index contributed by atoms with van der Waals surface area (Å²) in [6, 6.07) is 2.21. The van der Waals surface area contributed by atoms with Gasteiger partial charge in [-0.15, -0.1) is 0 Å². The standard InChI is InChI=1S/C9H11NO/c1-6-7(4-5-10)9-3-2-8(6)11-9/h2-3,6-9H,4H2,1H3. The van der Waals surface area contributed by atoms with Gasteiger partial charge < -0.3 is 4.74 Å². The largest absolute Gasteiger partial charge is 0.366 e. The lowest BCUT2D eigenvalue weighted by atomic mass is 9.83. The van der Waals surface area contributed by atoms with Crippen molar-refractivity contribution in [2.24, 2.45) is 11.8 Å². The van der Waals surface area contributed by atoms with Crippen LogP contribution in [0.4, 0.5) is 0 Å². The van der Waals surface area contributed by atoms with Gasteiger partial charge in [0, 0.05) is 12.3 Å². The van der Waals surface area contributed by atoms with Crippen molar-refractivity contribution in [3.8, 4) is 6.07 Å². The molecule has 4 atom stereocenters. The maximum absolute atomic E-state index is 8.54. The Morgan fingerprint density at radius 2 is 2.18 bits per heavy atom. The third kappa shape index (κ3) is 0.883. The first-order valence-electron chi connectivity index (χ1n) is 4.03. The van der Waals surface area contributed by atoms with Gasteiger partial charge in [0.05, 0.1) is 18.3 Å². The van der Waals surface area contributed by atoms with Crippen molar-refractivity contribution in [2.75, 3.05) is 0 Å². The van der Waals surface area contributed by atoms with E-state index in [-0.39, 0.29) is 6.10 Å². The van der Waals surface area contributed by atoms with Crippen LogP contribution >= 0.6 is 0 Å². The van der Waals surface area contributed by atoms with Gasteiger partial charge in [-0.2, -0.15) is 5.26 Å². The summed E-state index contributed by atoms with van der Waals surface area (Å²) in [4.78, 5) is 0. The summed E-state index contributed by atoms with van der Waals surface area (Å²) in [5.74, 6) is 0.972. The molecular weight excluding hydrogens is 138 g/mol. The quantitative estimate of drug-likeness (QED) is 0.529. The van der Waals surface area contributed by atoms with Gasteiger partial charge in [-0.25, -0.2) is 0 Å². The third-order valence-electron chi connectivity index (χ3n) is 2.75. The minimum absolute atomic E-state index is 0.231. The molecule has 11 heavy (non-hydrogen) atoms. The van der Waals surface area contributed by atoms with E-state index >= 15 is 0 Å². The van der Waals surface area contributed by atoms with E-state index in [0.717, 1.165) is 0 Å². The number of fused-ring (bicyclic) bond motifs is 2. The van der Waals surface area contributed by atoms with Crippen LogP contribution in [0.1, 0.15) is 13.3 Å². The summed E-state index contributed by atoms with van der Waals surface area (Å²) in [5, 5.41) is 8.54. The van der Waals surface area contributed by atoms with E-state index in [1.54, 1.807) is 0 Å².